The molecule has 0 saturated heterocycles. The Balaban J connectivity index is 3.56. The SMILES string of the molecule is COc1cc(OC)c(S(=O)(=O)Cl)cc1C(C)C. The normalized spacial score (nSPS) is 11.6. The van der Waals surface area contributed by atoms with Gasteiger partial charge in [0.05, 0.1) is 14.2 Å². The van der Waals surface area contributed by atoms with E-state index in [1.807, 2.05) is 13.8 Å². The second-order valence-electron chi connectivity index (χ2n) is 3.84. The third-order valence-electron chi connectivity index (χ3n) is 2.40. The van der Waals surface area contributed by atoms with Gasteiger partial charge < -0.3 is 9.47 Å². The molecule has 1 aromatic rings. The fourth-order valence-corrected chi connectivity index (χ4v) is 2.55. The first-order valence-electron chi connectivity index (χ1n) is 5.01. The van der Waals surface area contributed by atoms with Gasteiger partial charge in [0.25, 0.3) is 9.05 Å². The number of rotatable bonds is 4. The molecule has 0 amide bonds. The van der Waals surface area contributed by atoms with E-state index < -0.39 is 9.05 Å². The van der Waals surface area contributed by atoms with Crippen molar-refractivity contribution in [2.45, 2.75) is 24.7 Å². The number of benzene rings is 1. The maximum Gasteiger partial charge on any atom is 0.264 e. The summed E-state index contributed by atoms with van der Waals surface area (Å²) < 4.78 is 33.1. The fourth-order valence-electron chi connectivity index (χ4n) is 1.54. The quantitative estimate of drug-likeness (QED) is 0.795. The van der Waals surface area contributed by atoms with Crippen LogP contribution in [-0.2, 0) is 9.05 Å². The minimum atomic E-state index is -3.83. The Kier molecular flexibility index (Phi) is 4.27. The van der Waals surface area contributed by atoms with Crippen LogP contribution in [0.25, 0.3) is 0 Å². The first-order chi connectivity index (χ1) is 7.81. The first-order valence-corrected chi connectivity index (χ1v) is 7.32. The van der Waals surface area contributed by atoms with E-state index in [9.17, 15) is 8.42 Å². The average Bonchev–Trinajstić information content (AvgIpc) is 2.25. The molecule has 0 aliphatic rings. The van der Waals surface area contributed by atoms with Gasteiger partial charge in [-0.1, -0.05) is 13.8 Å². The molecule has 0 saturated carbocycles. The lowest BCUT2D eigenvalue weighted by atomic mass is 10.0. The zero-order valence-electron chi connectivity index (χ0n) is 10.2. The van der Waals surface area contributed by atoms with E-state index in [0.29, 0.717) is 5.75 Å². The Morgan fingerprint density at radius 3 is 2.00 bits per heavy atom. The van der Waals surface area contributed by atoms with Crippen molar-refractivity contribution >= 4 is 19.7 Å². The van der Waals surface area contributed by atoms with Crippen LogP contribution in [0.3, 0.4) is 0 Å². The summed E-state index contributed by atoms with van der Waals surface area (Å²) in [6.45, 7) is 3.88. The van der Waals surface area contributed by atoms with Crippen LogP contribution >= 0.6 is 10.7 Å². The summed E-state index contributed by atoms with van der Waals surface area (Å²) in [5.74, 6) is 0.884. The molecule has 0 bridgehead atoms. The molecule has 0 atom stereocenters. The Morgan fingerprint density at radius 2 is 1.65 bits per heavy atom. The van der Waals surface area contributed by atoms with Crippen LogP contribution < -0.4 is 9.47 Å². The monoisotopic (exact) mass is 278 g/mol. The molecular formula is C11H15ClO4S. The number of hydrogen-bond donors (Lipinski definition) is 0. The lowest BCUT2D eigenvalue weighted by Gasteiger charge is -2.15. The molecule has 17 heavy (non-hydrogen) atoms. The Morgan fingerprint density at radius 1 is 1.12 bits per heavy atom. The minimum absolute atomic E-state index is 0.0360. The van der Waals surface area contributed by atoms with E-state index in [1.54, 1.807) is 0 Å². The molecule has 0 unspecified atom stereocenters. The Labute approximate surface area is 106 Å². The second-order valence-corrected chi connectivity index (χ2v) is 6.37. The molecule has 0 heterocycles. The van der Waals surface area contributed by atoms with Crippen LogP contribution in [0.5, 0.6) is 11.5 Å². The molecular weight excluding hydrogens is 264 g/mol. The number of methoxy groups -OCH3 is 2. The molecule has 96 valence electrons. The highest BCUT2D eigenvalue weighted by Gasteiger charge is 2.21. The van der Waals surface area contributed by atoms with Crippen LogP contribution in [0.15, 0.2) is 17.0 Å². The highest BCUT2D eigenvalue weighted by atomic mass is 35.7. The molecule has 1 aromatic carbocycles. The standard InChI is InChI=1S/C11H15ClO4S/c1-7(2)8-5-11(17(12,13)14)10(16-4)6-9(8)15-3/h5-7H,1-4H3. The van der Waals surface area contributed by atoms with Crippen LogP contribution in [0.2, 0.25) is 0 Å². The Bertz CT molecular complexity index is 508. The van der Waals surface area contributed by atoms with Gasteiger partial charge in [0.1, 0.15) is 16.4 Å². The van der Waals surface area contributed by atoms with Crippen LogP contribution in [0.4, 0.5) is 0 Å². The summed E-state index contributed by atoms with van der Waals surface area (Å²) in [4.78, 5) is -0.0360. The summed E-state index contributed by atoms with van der Waals surface area (Å²) in [5.41, 5.74) is 0.771. The summed E-state index contributed by atoms with van der Waals surface area (Å²) >= 11 is 0. The number of halogens is 1. The van der Waals surface area contributed by atoms with Gasteiger partial charge in [-0.2, -0.15) is 0 Å². The highest BCUT2D eigenvalue weighted by Crippen LogP contribution is 2.36. The van der Waals surface area contributed by atoms with E-state index in [2.05, 4.69) is 0 Å². The van der Waals surface area contributed by atoms with E-state index >= 15 is 0 Å². The van der Waals surface area contributed by atoms with Crippen molar-refractivity contribution < 1.29 is 17.9 Å². The smallest absolute Gasteiger partial charge is 0.264 e. The lowest BCUT2D eigenvalue weighted by molar-refractivity contribution is 0.382. The summed E-state index contributed by atoms with van der Waals surface area (Å²) in [7, 11) is 4.44. The van der Waals surface area contributed by atoms with Crippen LogP contribution in [0.1, 0.15) is 25.3 Å². The fraction of sp³-hybridized carbons (Fsp3) is 0.455. The third kappa shape index (κ3) is 3.04. The summed E-state index contributed by atoms with van der Waals surface area (Å²) in [6, 6.07) is 3.02. The lowest BCUT2D eigenvalue weighted by Crippen LogP contribution is -2.01. The predicted octanol–water partition coefficient (Wildman–Crippen LogP) is 2.75. The summed E-state index contributed by atoms with van der Waals surface area (Å²) in [5, 5.41) is 0. The maximum atomic E-state index is 11.4. The molecule has 0 spiro atoms. The van der Waals surface area contributed by atoms with Gasteiger partial charge in [0.2, 0.25) is 0 Å². The van der Waals surface area contributed by atoms with Crippen molar-refractivity contribution in [3.63, 3.8) is 0 Å². The van der Waals surface area contributed by atoms with Gasteiger partial charge in [-0.25, -0.2) is 8.42 Å². The Hall–Kier alpha value is -0.940. The van der Waals surface area contributed by atoms with Gasteiger partial charge in [0, 0.05) is 16.7 Å². The van der Waals surface area contributed by atoms with Gasteiger partial charge in [0.15, 0.2) is 0 Å². The third-order valence-corrected chi connectivity index (χ3v) is 3.74. The molecule has 0 aliphatic carbocycles. The largest absolute Gasteiger partial charge is 0.496 e. The van der Waals surface area contributed by atoms with Gasteiger partial charge >= 0.3 is 0 Å². The number of ether oxygens (including phenoxy) is 2. The number of hydrogen-bond acceptors (Lipinski definition) is 4. The van der Waals surface area contributed by atoms with E-state index in [4.69, 9.17) is 20.2 Å². The van der Waals surface area contributed by atoms with Crippen molar-refractivity contribution in [2.75, 3.05) is 14.2 Å². The molecule has 0 aromatic heterocycles. The predicted molar refractivity (Wildman–Crippen MR) is 66.7 cm³/mol. The minimum Gasteiger partial charge on any atom is -0.496 e. The van der Waals surface area contributed by atoms with E-state index in [-0.39, 0.29) is 16.6 Å². The van der Waals surface area contributed by atoms with Gasteiger partial charge in [-0.3, -0.25) is 0 Å². The first kappa shape index (κ1) is 14.1. The molecule has 1 rings (SSSR count). The van der Waals surface area contributed by atoms with E-state index in [0.717, 1.165) is 5.56 Å². The highest BCUT2D eigenvalue weighted by molar-refractivity contribution is 8.13. The molecule has 0 radical (unpaired) electrons. The molecule has 6 heteroatoms. The van der Waals surface area contributed by atoms with Crippen molar-refractivity contribution in [1.29, 1.82) is 0 Å². The molecule has 0 fully saturated rings. The zero-order valence-corrected chi connectivity index (χ0v) is 11.7. The van der Waals surface area contributed by atoms with Crippen LogP contribution in [-0.4, -0.2) is 22.6 Å². The average molecular weight is 279 g/mol. The van der Waals surface area contributed by atoms with Gasteiger partial charge in [-0.05, 0) is 17.5 Å². The molecule has 0 N–H and O–H groups in total. The molecule has 4 nitrogen and oxygen atoms in total. The zero-order chi connectivity index (χ0) is 13.2. The van der Waals surface area contributed by atoms with Gasteiger partial charge in [-0.15, -0.1) is 0 Å². The summed E-state index contributed by atoms with van der Waals surface area (Å²) in [6.07, 6.45) is 0. The maximum absolute atomic E-state index is 11.4. The van der Waals surface area contributed by atoms with Crippen molar-refractivity contribution in [3.8, 4) is 11.5 Å². The topological polar surface area (TPSA) is 52.6 Å². The van der Waals surface area contributed by atoms with Crippen molar-refractivity contribution in [2.24, 2.45) is 0 Å². The second kappa shape index (κ2) is 5.14. The van der Waals surface area contributed by atoms with Crippen LogP contribution in [0, 0.1) is 0 Å². The van der Waals surface area contributed by atoms with Crippen molar-refractivity contribution in [1.82, 2.24) is 0 Å². The van der Waals surface area contributed by atoms with Crippen molar-refractivity contribution in [3.05, 3.63) is 17.7 Å². The van der Waals surface area contributed by atoms with E-state index in [1.165, 1.54) is 26.4 Å². The molecule has 0 aliphatic heterocycles.